The predicted octanol–water partition coefficient (Wildman–Crippen LogP) is 1.02. The first-order chi connectivity index (χ1) is 10.4. The highest BCUT2D eigenvalue weighted by molar-refractivity contribution is 7.91. The van der Waals surface area contributed by atoms with Crippen LogP contribution in [0.2, 0.25) is 0 Å². The molecule has 0 saturated heterocycles. The van der Waals surface area contributed by atoms with Crippen LogP contribution in [0.1, 0.15) is 24.0 Å². The highest BCUT2D eigenvalue weighted by Gasteiger charge is 2.20. The molecule has 0 unspecified atom stereocenters. The zero-order chi connectivity index (χ0) is 16.2. The van der Waals surface area contributed by atoms with Crippen LogP contribution in [-0.4, -0.2) is 52.2 Å². The van der Waals surface area contributed by atoms with Crippen LogP contribution >= 0.6 is 0 Å². The minimum Gasteiger partial charge on any atom is -0.344 e. The van der Waals surface area contributed by atoms with Crippen LogP contribution in [0.3, 0.4) is 0 Å². The summed E-state index contributed by atoms with van der Waals surface area (Å²) in [5.41, 5.74) is 2.39. The van der Waals surface area contributed by atoms with Gasteiger partial charge in [0, 0.05) is 26.6 Å². The molecular formula is C16H24N2O3S. The topological polar surface area (TPSA) is 66.5 Å². The number of carbonyl (C=O) groups excluding carboxylic acids is 1. The molecule has 1 aromatic carbocycles. The number of fused-ring (bicyclic) bond motifs is 1. The molecule has 6 heteroatoms. The van der Waals surface area contributed by atoms with Crippen molar-refractivity contribution >= 4 is 15.7 Å². The zero-order valence-corrected chi connectivity index (χ0v) is 14.1. The third-order valence-corrected chi connectivity index (χ3v) is 5.85. The predicted molar refractivity (Wildman–Crippen MR) is 86.7 cm³/mol. The summed E-state index contributed by atoms with van der Waals surface area (Å²) in [4.78, 5) is 13.9. The summed E-state index contributed by atoms with van der Waals surface area (Å²) in [6, 6.07) is 5.37. The molecule has 1 N–H and O–H groups in total. The number of sulfone groups is 1. The molecule has 0 atom stereocenters. The summed E-state index contributed by atoms with van der Waals surface area (Å²) >= 11 is 0. The third-order valence-electron chi connectivity index (χ3n) is 4.14. The monoisotopic (exact) mass is 324 g/mol. The molecule has 0 radical (unpaired) electrons. The van der Waals surface area contributed by atoms with Crippen molar-refractivity contribution in [2.45, 2.75) is 30.6 Å². The van der Waals surface area contributed by atoms with Crippen LogP contribution in [0.5, 0.6) is 0 Å². The Morgan fingerprint density at radius 1 is 1.27 bits per heavy atom. The van der Waals surface area contributed by atoms with Gasteiger partial charge in [0.05, 0.1) is 10.6 Å². The smallest absolute Gasteiger partial charge is 0.223 e. The molecule has 1 aliphatic carbocycles. The van der Waals surface area contributed by atoms with Crippen molar-refractivity contribution in [1.29, 1.82) is 0 Å². The second kappa shape index (κ2) is 7.24. The van der Waals surface area contributed by atoms with Crippen molar-refractivity contribution in [2.24, 2.45) is 0 Å². The summed E-state index contributed by atoms with van der Waals surface area (Å²) in [5, 5.41) is 2.96. The lowest BCUT2D eigenvalue weighted by Crippen LogP contribution is -2.33. The van der Waals surface area contributed by atoms with E-state index in [-0.39, 0.29) is 18.1 Å². The fourth-order valence-corrected chi connectivity index (χ4v) is 3.95. The number of nitrogens with one attached hydrogen (secondary N) is 1. The third kappa shape index (κ3) is 4.08. The van der Waals surface area contributed by atoms with Crippen LogP contribution in [0.25, 0.3) is 0 Å². The van der Waals surface area contributed by atoms with Gasteiger partial charge in [-0.3, -0.25) is 4.79 Å². The van der Waals surface area contributed by atoms with Crippen molar-refractivity contribution in [1.82, 2.24) is 10.2 Å². The Morgan fingerprint density at radius 2 is 2.00 bits per heavy atom. The number of hydrogen-bond donors (Lipinski definition) is 1. The number of rotatable bonds is 7. The molecule has 0 heterocycles. The van der Waals surface area contributed by atoms with Crippen LogP contribution in [0.15, 0.2) is 23.1 Å². The molecule has 0 saturated carbocycles. The van der Waals surface area contributed by atoms with Gasteiger partial charge in [0.15, 0.2) is 9.84 Å². The summed E-state index contributed by atoms with van der Waals surface area (Å²) in [6.45, 7) is 1.27. The fraction of sp³-hybridized carbons (Fsp3) is 0.562. The Bertz CT molecular complexity index is 641. The van der Waals surface area contributed by atoms with Crippen molar-refractivity contribution < 1.29 is 13.2 Å². The van der Waals surface area contributed by atoms with Crippen molar-refractivity contribution in [3.05, 3.63) is 29.3 Å². The van der Waals surface area contributed by atoms with Gasteiger partial charge in [0.2, 0.25) is 5.91 Å². The lowest BCUT2D eigenvalue weighted by atomic mass is 10.1. The molecule has 1 aliphatic rings. The number of nitrogens with zero attached hydrogens (tertiary/aromatic N) is 1. The minimum atomic E-state index is -3.39. The minimum absolute atomic E-state index is 0.0274. The first kappa shape index (κ1) is 17.0. The van der Waals surface area contributed by atoms with E-state index in [9.17, 15) is 13.2 Å². The molecule has 0 fully saturated rings. The van der Waals surface area contributed by atoms with E-state index in [4.69, 9.17) is 0 Å². The average Bonchev–Trinajstić information content (AvgIpc) is 2.97. The standard InChI is InChI=1S/C16H24N2O3S/c1-17-9-10-18(2)16(19)8-11-22(20,21)15-7-6-13-4-3-5-14(13)12-15/h6-7,12,17H,3-5,8-11H2,1-2H3. The molecule has 5 nitrogen and oxygen atoms in total. The summed E-state index contributed by atoms with van der Waals surface area (Å²) in [5.74, 6) is -0.269. The Kier molecular flexibility index (Phi) is 5.58. The molecule has 122 valence electrons. The van der Waals surface area contributed by atoms with Crippen LogP contribution in [0, 0.1) is 0 Å². The number of benzene rings is 1. The zero-order valence-electron chi connectivity index (χ0n) is 13.3. The summed E-state index contributed by atoms with van der Waals surface area (Å²) in [6.07, 6.45) is 3.10. The number of hydrogen-bond acceptors (Lipinski definition) is 4. The molecule has 1 aromatic rings. The van der Waals surface area contributed by atoms with E-state index in [2.05, 4.69) is 5.32 Å². The highest BCUT2D eigenvalue weighted by atomic mass is 32.2. The Hall–Kier alpha value is -1.40. The van der Waals surface area contributed by atoms with Crippen LogP contribution in [-0.2, 0) is 27.5 Å². The van der Waals surface area contributed by atoms with Crippen molar-refractivity contribution in [3.63, 3.8) is 0 Å². The fourth-order valence-electron chi connectivity index (χ4n) is 2.68. The molecule has 0 bridgehead atoms. The maximum Gasteiger partial charge on any atom is 0.223 e. The lowest BCUT2D eigenvalue weighted by molar-refractivity contribution is -0.129. The summed E-state index contributed by atoms with van der Waals surface area (Å²) in [7, 11) is 0.118. The first-order valence-electron chi connectivity index (χ1n) is 7.67. The quantitative estimate of drug-likeness (QED) is 0.813. The van der Waals surface area contributed by atoms with Gasteiger partial charge in [-0.05, 0) is 49.6 Å². The molecule has 1 amide bonds. The summed E-state index contributed by atoms with van der Waals surface area (Å²) < 4.78 is 24.8. The number of likely N-dealkylation sites (N-methyl/N-ethyl adjacent to an activating group) is 2. The van der Waals surface area contributed by atoms with E-state index in [0.717, 1.165) is 24.8 Å². The van der Waals surface area contributed by atoms with Gasteiger partial charge in [0.1, 0.15) is 0 Å². The van der Waals surface area contributed by atoms with Gasteiger partial charge >= 0.3 is 0 Å². The van der Waals surface area contributed by atoms with Crippen LogP contribution < -0.4 is 5.32 Å². The van der Waals surface area contributed by atoms with Crippen molar-refractivity contribution in [2.75, 3.05) is 32.9 Å². The van der Waals surface area contributed by atoms with E-state index in [1.54, 1.807) is 24.1 Å². The molecule has 0 aliphatic heterocycles. The molecule has 22 heavy (non-hydrogen) atoms. The number of aryl methyl sites for hydroxylation is 2. The Labute approximate surface area is 132 Å². The van der Waals surface area contributed by atoms with Gasteiger partial charge in [-0.15, -0.1) is 0 Å². The van der Waals surface area contributed by atoms with E-state index < -0.39 is 9.84 Å². The number of carbonyl (C=O) groups is 1. The van der Waals surface area contributed by atoms with E-state index in [1.807, 2.05) is 13.1 Å². The van der Waals surface area contributed by atoms with Crippen LogP contribution in [0.4, 0.5) is 0 Å². The van der Waals surface area contributed by atoms with Gasteiger partial charge in [0.25, 0.3) is 0 Å². The molecular weight excluding hydrogens is 300 g/mol. The molecule has 2 rings (SSSR count). The average molecular weight is 324 g/mol. The SMILES string of the molecule is CNCCN(C)C(=O)CCS(=O)(=O)c1ccc2c(c1)CCC2. The molecule has 0 spiro atoms. The van der Waals surface area contributed by atoms with E-state index in [1.165, 1.54) is 5.56 Å². The van der Waals surface area contributed by atoms with Gasteiger partial charge in [-0.25, -0.2) is 8.42 Å². The Balaban J connectivity index is 1.98. The van der Waals surface area contributed by atoms with E-state index >= 15 is 0 Å². The van der Waals surface area contributed by atoms with Gasteiger partial charge < -0.3 is 10.2 Å². The largest absolute Gasteiger partial charge is 0.344 e. The second-order valence-electron chi connectivity index (χ2n) is 5.77. The lowest BCUT2D eigenvalue weighted by Gasteiger charge is -2.16. The van der Waals surface area contributed by atoms with Crippen molar-refractivity contribution in [3.8, 4) is 0 Å². The normalized spacial score (nSPS) is 13.9. The van der Waals surface area contributed by atoms with Gasteiger partial charge in [-0.2, -0.15) is 0 Å². The molecule has 0 aromatic heterocycles. The van der Waals surface area contributed by atoms with Gasteiger partial charge in [-0.1, -0.05) is 6.07 Å². The Morgan fingerprint density at radius 3 is 2.73 bits per heavy atom. The second-order valence-corrected chi connectivity index (χ2v) is 7.88. The van der Waals surface area contributed by atoms with E-state index in [0.29, 0.717) is 18.0 Å². The number of amides is 1. The maximum absolute atomic E-state index is 12.4. The first-order valence-corrected chi connectivity index (χ1v) is 9.32. The maximum atomic E-state index is 12.4. The highest BCUT2D eigenvalue weighted by Crippen LogP contribution is 2.25.